The van der Waals surface area contributed by atoms with Gasteiger partial charge in [-0.2, -0.15) is 0 Å². The van der Waals surface area contributed by atoms with Crippen molar-refractivity contribution in [1.82, 2.24) is 4.57 Å². The fourth-order valence-corrected chi connectivity index (χ4v) is 4.83. The summed E-state index contributed by atoms with van der Waals surface area (Å²) in [6.07, 6.45) is 0. The molecule has 2 aromatic carbocycles. The van der Waals surface area contributed by atoms with Gasteiger partial charge in [0.05, 0.1) is 17.5 Å². The minimum atomic E-state index is -3.90. The second-order valence-corrected chi connectivity index (χ2v) is 8.78. The summed E-state index contributed by atoms with van der Waals surface area (Å²) in [7, 11) is -1.06. The van der Waals surface area contributed by atoms with Crippen molar-refractivity contribution in [2.75, 3.05) is 11.8 Å². The van der Waals surface area contributed by atoms with E-state index < -0.39 is 21.7 Å². The number of hydrogen-bond donors (Lipinski definition) is 1. The number of benzene rings is 2. The molecule has 0 amide bonds. The molecule has 1 N–H and O–H groups in total. The number of carbonyl (C=O) groups excluding carboxylic acids is 1. The lowest BCUT2D eigenvalue weighted by atomic mass is 10.2. The number of thiophene rings is 1. The first-order valence-electron chi connectivity index (χ1n) is 8.03. The van der Waals surface area contributed by atoms with E-state index in [1.807, 2.05) is 0 Å². The van der Waals surface area contributed by atoms with Gasteiger partial charge in [0, 0.05) is 23.5 Å². The van der Waals surface area contributed by atoms with Crippen LogP contribution in [0.4, 0.5) is 5.69 Å². The zero-order valence-corrected chi connectivity index (χ0v) is 16.4. The van der Waals surface area contributed by atoms with Crippen LogP contribution in [-0.4, -0.2) is 26.1 Å². The summed E-state index contributed by atoms with van der Waals surface area (Å²) in [4.78, 5) is 23.6. The van der Waals surface area contributed by atoms with Crippen LogP contribution >= 0.6 is 11.3 Å². The van der Waals surface area contributed by atoms with E-state index in [1.165, 1.54) is 41.2 Å². The number of aryl methyl sites for hydroxylation is 1. The first-order valence-corrected chi connectivity index (χ1v) is 10.3. The van der Waals surface area contributed by atoms with Gasteiger partial charge in [0.15, 0.2) is 5.58 Å². The molecule has 4 rings (SSSR count). The molecule has 144 valence electrons. The second kappa shape index (κ2) is 6.50. The molecule has 0 aliphatic heterocycles. The van der Waals surface area contributed by atoms with Crippen LogP contribution in [0.2, 0.25) is 0 Å². The summed E-state index contributed by atoms with van der Waals surface area (Å²) in [6.45, 7) is 0. The van der Waals surface area contributed by atoms with Gasteiger partial charge in [0.1, 0.15) is 4.88 Å². The maximum Gasteiger partial charge on any atom is 0.419 e. The summed E-state index contributed by atoms with van der Waals surface area (Å²) in [5.41, 5.74) is 1.03. The Hall–Kier alpha value is -3.11. The molecule has 10 heteroatoms. The SMILES string of the molecule is COC(=O)c1cc2cc(NS(=O)(=O)c3ccc4c(c3)oc(=O)n4C)ccc2s1. The Morgan fingerprint density at radius 2 is 1.96 bits per heavy atom. The molecule has 28 heavy (non-hydrogen) atoms. The predicted octanol–water partition coefficient (Wildman–Crippen LogP) is 2.93. The van der Waals surface area contributed by atoms with Crippen molar-refractivity contribution >= 4 is 54.2 Å². The summed E-state index contributed by atoms with van der Waals surface area (Å²) < 4.78 is 39.8. The van der Waals surface area contributed by atoms with Crippen LogP contribution in [0.3, 0.4) is 0 Å². The monoisotopic (exact) mass is 418 g/mol. The number of oxazole rings is 1. The molecule has 0 spiro atoms. The lowest BCUT2D eigenvalue weighted by Crippen LogP contribution is -2.12. The van der Waals surface area contributed by atoms with Crippen molar-refractivity contribution in [2.24, 2.45) is 7.05 Å². The number of methoxy groups -OCH3 is 1. The van der Waals surface area contributed by atoms with Gasteiger partial charge in [0.25, 0.3) is 10.0 Å². The van der Waals surface area contributed by atoms with E-state index in [9.17, 15) is 18.0 Å². The first kappa shape index (κ1) is 18.3. The zero-order valence-electron chi connectivity index (χ0n) is 14.8. The Morgan fingerprint density at radius 3 is 2.71 bits per heavy atom. The van der Waals surface area contributed by atoms with E-state index in [4.69, 9.17) is 9.15 Å². The molecule has 0 bridgehead atoms. The van der Waals surface area contributed by atoms with Gasteiger partial charge in [-0.3, -0.25) is 9.29 Å². The molecule has 4 aromatic rings. The van der Waals surface area contributed by atoms with Crippen LogP contribution in [0.1, 0.15) is 9.67 Å². The van der Waals surface area contributed by atoms with Gasteiger partial charge < -0.3 is 9.15 Å². The summed E-state index contributed by atoms with van der Waals surface area (Å²) >= 11 is 1.26. The molecule has 8 nitrogen and oxygen atoms in total. The Kier molecular flexibility index (Phi) is 4.24. The standard InChI is InChI=1S/C18H14N2O6S2/c1-20-13-5-4-12(9-14(13)26-18(20)22)28(23,24)19-11-3-6-15-10(7-11)8-16(27-15)17(21)25-2/h3-9,19H,1-2H3. The molecule has 2 heterocycles. The Balaban J connectivity index is 1.69. The minimum absolute atomic E-state index is 0.0324. The Labute approximate surface area is 163 Å². The number of sulfonamides is 1. The largest absolute Gasteiger partial charge is 0.465 e. The highest BCUT2D eigenvalue weighted by Gasteiger charge is 2.18. The van der Waals surface area contributed by atoms with Gasteiger partial charge >= 0.3 is 11.7 Å². The third kappa shape index (κ3) is 3.06. The van der Waals surface area contributed by atoms with Crippen molar-refractivity contribution < 1.29 is 22.4 Å². The molecule has 0 atom stereocenters. The highest BCUT2D eigenvalue weighted by Crippen LogP contribution is 2.29. The van der Waals surface area contributed by atoms with Gasteiger partial charge in [-0.15, -0.1) is 11.3 Å². The Bertz CT molecular complexity index is 1390. The average Bonchev–Trinajstić information content (AvgIpc) is 3.21. The Morgan fingerprint density at radius 1 is 1.18 bits per heavy atom. The average molecular weight is 418 g/mol. The molecule has 0 fully saturated rings. The van der Waals surface area contributed by atoms with Crippen LogP contribution in [0.15, 0.2) is 56.6 Å². The third-order valence-corrected chi connectivity index (χ3v) is 6.70. The molecule has 2 aromatic heterocycles. The smallest absolute Gasteiger partial charge is 0.419 e. The van der Waals surface area contributed by atoms with E-state index >= 15 is 0 Å². The number of nitrogens with one attached hydrogen (secondary N) is 1. The number of hydrogen-bond acceptors (Lipinski definition) is 7. The van der Waals surface area contributed by atoms with Gasteiger partial charge in [-0.25, -0.2) is 18.0 Å². The van der Waals surface area contributed by atoms with Gasteiger partial charge in [0.2, 0.25) is 0 Å². The van der Waals surface area contributed by atoms with Crippen LogP contribution in [-0.2, 0) is 21.8 Å². The summed E-state index contributed by atoms with van der Waals surface area (Å²) in [6, 6.07) is 10.8. The van der Waals surface area contributed by atoms with Crippen LogP contribution in [0, 0.1) is 0 Å². The van der Waals surface area contributed by atoms with E-state index in [-0.39, 0.29) is 10.5 Å². The summed E-state index contributed by atoms with van der Waals surface area (Å²) in [5, 5.41) is 0.718. The fourth-order valence-electron chi connectivity index (χ4n) is 2.80. The number of nitrogens with zero attached hydrogens (tertiary/aromatic N) is 1. The zero-order chi connectivity index (χ0) is 20.1. The molecular weight excluding hydrogens is 404 g/mol. The third-order valence-electron chi connectivity index (χ3n) is 4.23. The first-order chi connectivity index (χ1) is 13.3. The van der Waals surface area contributed by atoms with Gasteiger partial charge in [-0.1, -0.05) is 0 Å². The molecule has 0 aliphatic carbocycles. The van der Waals surface area contributed by atoms with E-state index in [2.05, 4.69) is 4.72 Å². The maximum atomic E-state index is 12.7. The highest BCUT2D eigenvalue weighted by atomic mass is 32.2. The molecular formula is C18H14N2O6S2. The van der Waals surface area contributed by atoms with Crippen LogP contribution in [0.25, 0.3) is 21.2 Å². The molecule has 0 saturated heterocycles. The maximum absolute atomic E-state index is 12.7. The van der Waals surface area contributed by atoms with Crippen molar-refractivity contribution in [1.29, 1.82) is 0 Å². The minimum Gasteiger partial charge on any atom is -0.465 e. The normalized spacial score (nSPS) is 11.8. The number of fused-ring (bicyclic) bond motifs is 2. The molecule has 0 aliphatic rings. The second-order valence-electron chi connectivity index (χ2n) is 6.02. The van der Waals surface area contributed by atoms with E-state index in [1.54, 1.807) is 31.3 Å². The van der Waals surface area contributed by atoms with E-state index in [0.717, 1.165) is 10.1 Å². The number of esters is 1. The number of rotatable bonds is 4. The van der Waals surface area contributed by atoms with Crippen molar-refractivity contribution in [2.45, 2.75) is 4.90 Å². The number of ether oxygens (including phenoxy) is 1. The quantitative estimate of drug-likeness (QED) is 0.511. The topological polar surface area (TPSA) is 108 Å². The van der Waals surface area contributed by atoms with Crippen LogP contribution in [0.5, 0.6) is 0 Å². The van der Waals surface area contributed by atoms with Crippen molar-refractivity contribution in [3.05, 3.63) is 57.9 Å². The predicted molar refractivity (Wildman–Crippen MR) is 105 cm³/mol. The molecule has 0 radical (unpaired) electrons. The number of anilines is 1. The van der Waals surface area contributed by atoms with Crippen molar-refractivity contribution in [3.8, 4) is 0 Å². The van der Waals surface area contributed by atoms with Crippen LogP contribution < -0.4 is 10.5 Å². The summed E-state index contributed by atoms with van der Waals surface area (Å²) in [5.74, 6) is -1.01. The molecule has 0 unspecified atom stereocenters. The lowest BCUT2D eigenvalue weighted by Gasteiger charge is -2.08. The number of carbonyl (C=O) groups is 1. The van der Waals surface area contributed by atoms with Crippen molar-refractivity contribution in [3.63, 3.8) is 0 Å². The fraction of sp³-hybridized carbons (Fsp3) is 0.111. The number of aromatic nitrogens is 1. The highest BCUT2D eigenvalue weighted by molar-refractivity contribution is 7.92. The molecule has 0 saturated carbocycles. The lowest BCUT2D eigenvalue weighted by molar-refractivity contribution is 0.0606. The van der Waals surface area contributed by atoms with Gasteiger partial charge in [-0.05, 0) is 41.8 Å². The van der Waals surface area contributed by atoms with E-state index in [0.29, 0.717) is 16.1 Å².